The fraction of sp³-hybridized carbons (Fsp3) is 0.389. The molecule has 3 rings (SSSR count). The number of nitrogens with zero attached hydrogens (tertiary/aromatic N) is 3. The van der Waals surface area contributed by atoms with E-state index in [-0.39, 0.29) is 12.5 Å². The number of pyridine rings is 1. The van der Waals surface area contributed by atoms with Gasteiger partial charge >= 0.3 is 5.97 Å². The Hall–Kier alpha value is -2.34. The van der Waals surface area contributed by atoms with Gasteiger partial charge < -0.3 is 9.64 Å². The molecule has 0 saturated carbocycles. The highest BCUT2D eigenvalue weighted by Crippen LogP contribution is 2.19. The highest BCUT2D eigenvalue weighted by Gasteiger charge is 2.20. The number of rotatable bonds is 4. The zero-order chi connectivity index (χ0) is 17.8. The number of imidazole rings is 1. The van der Waals surface area contributed by atoms with Crippen molar-refractivity contribution < 1.29 is 14.3 Å². The van der Waals surface area contributed by atoms with Gasteiger partial charge in [0.25, 0.3) is 5.91 Å². The monoisotopic (exact) mass is 361 g/mol. The van der Waals surface area contributed by atoms with Crippen LogP contribution in [-0.2, 0) is 14.3 Å². The Bertz CT molecular complexity index is 807. The number of fused-ring (bicyclic) bond motifs is 1. The Morgan fingerprint density at radius 3 is 2.88 bits per heavy atom. The molecule has 3 heterocycles. The third-order valence-electron chi connectivity index (χ3n) is 4.37. The summed E-state index contributed by atoms with van der Waals surface area (Å²) in [7, 11) is 0. The Balaban J connectivity index is 1.56. The SMILES string of the molecule is CC1CCN(C(=O)COC(=O)/C=C/c2c(Cl)nc3ccccn23)CC1. The van der Waals surface area contributed by atoms with Crippen LogP contribution in [0.4, 0.5) is 0 Å². The van der Waals surface area contributed by atoms with Crippen molar-refractivity contribution in [3.63, 3.8) is 0 Å². The molecule has 0 spiro atoms. The summed E-state index contributed by atoms with van der Waals surface area (Å²) in [5.41, 5.74) is 1.28. The van der Waals surface area contributed by atoms with Gasteiger partial charge in [0.15, 0.2) is 11.8 Å². The van der Waals surface area contributed by atoms with Crippen LogP contribution >= 0.6 is 11.6 Å². The highest BCUT2D eigenvalue weighted by atomic mass is 35.5. The summed E-state index contributed by atoms with van der Waals surface area (Å²) in [4.78, 5) is 29.9. The van der Waals surface area contributed by atoms with Crippen molar-refractivity contribution in [2.24, 2.45) is 5.92 Å². The maximum atomic E-state index is 12.1. The molecule has 2 aromatic heterocycles. The molecule has 0 unspecified atom stereocenters. The quantitative estimate of drug-likeness (QED) is 0.620. The van der Waals surface area contributed by atoms with Crippen LogP contribution in [0, 0.1) is 5.92 Å². The number of halogens is 1. The normalized spacial score (nSPS) is 15.8. The summed E-state index contributed by atoms with van der Waals surface area (Å²) in [6.45, 7) is 3.39. The smallest absolute Gasteiger partial charge is 0.331 e. The van der Waals surface area contributed by atoms with Crippen LogP contribution in [0.3, 0.4) is 0 Å². The number of carbonyl (C=O) groups is 2. The van der Waals surface area contributed by atoms with Crippen LogP contribution in [0.5, 0.6) is 0 Å². The third kappa shape index (κ3) is 4.20. The molecule has 6 nitrogen and oxygen atoms in total. The summed E-state index contributed by atoms with van der Waals surface area (Å²) in [6, 6.07) is 5.52. The fourth-order valence-corrected chi connectivity index (χ4v) is 3.05. The second kappa shape index (κ2) is 7.70. The number of hydrogen-bond acceptors (Lipinski definition) is 4. The van der Waals surface area contributed by atoms with E-state index in [9.17, 15) is 9.59 Å². The number of amides is 1. The maximum Gasteiger partial charge on any atom is 0.331 e. The molecule has 25 heavy (non-hydrogen) atoms. The minimum atomic E-state index is -0.583. The van der Waals surface area contributed by atoms with Gasteiger partial charge in [-0.25, -0.2) is 9.78 Å². The zero-order valence-corrected chi connectivity index (χ0v) is 14.8. The molecule has 0 bridgehead atoms. The highest BCUT2D eigenvalue weighted by molar-refractivity contribution is 6.31. The number of likely N-dealkylation sites (tertiary alicyclic amines) is 1. The first-order chi connectivity index (χ1) is 12.0. The van der Waals surface area contributed by atoms with Crippen molar-refractivity contribution in [2.75, 3.05) is 19.7 Å². The van der Waals surface area contributed by atoms with Crippen LogP contribution in [0.15, 0.2) is 30.5 Å². The molecule has 0 N–H and O–H groups in total. The fourth-order valence-electron chi connectivity index (χ4n) is 2.81. The van der Waals surface area contributed by atoms with E-state index in [1.807, 2.05) is 18.2 Å². The number of ether oxygens (including phenoxy) is 1. The minimum absolute atomic E-state index is 0.151. The summed E-state index contributed by atoms with van der Waals surface area (Å²) in [5, 5.41) is 0.300. The number of esters is 1. The second-order valence-electron chi connectivity index (χ2n) is 6.22. The molecule has 1 aliphatic rings. The van der Waals surface area contributed by atoms with Gasteiger partial charge in [-0.05, 0) is 37.0 Å². The van der Waals surface area contributed by atoms with E-state index in [1.165, 1.54) is 12.2 Å². The maximum absolute atomic E-state index is 12.1. The lowest BCUT2D eigenvalue weighted by Gasteiger charge is -2.30. The summed E-state index contributed by atoms with van der Waals surface area (Å²) < 4.78 is 6.81. The van der Waals surface area contributed by atoms with Gasteiger partial charge in [0, 0.05) is 25.4 Å². The van der Waals surface area contributed by atoms with Gasteiger partial charge in [0.1, 0.15) is 5.65 Å². The van der Waals surface area contributed by atoms with Gasteiger partial charge in [0.2, 0.25) is 0 Å². The number of piperidine rings is 1. The van der Waals surface area contributed by atoms with Gasteiger partial charge in [-0.3, -0.25) is 9.20 Å². The molecule has 7 heteroatoms. The van der Waals surface area contributed by atoms with E-state index in [0.717, 1.165) is 25.9 Å². The first-order valence-electron chi connectivity index (χ1n) is 8.30. The van der Waals surface area contributed by atoms with Crippen molar-refractivity contribution in [2.45, 2.75) is 19.8 Å². The largest absolute Gasteiger partial charge is 0.452 e. The van der Waals surface area contributed by atoms with Crippen LogP contribution in [-0.4, -0.2) is 45.9 Å². The Morgan fingerprint density at radius 1 is 1.36 bits per heavy atom. The van der Waals surface area contributed by atoms with Gasteiger partial charge in [-0.2, -0.15) is 0 Å². The Kier molecular flexibility index (Phi) is 5.38. The van der Waals surface area contributed by atoms with E-state index in [4.69, 9.17) is 16.3 Å². The predicted molar refractivity (Wildman–Crippen MR) is 95.2 cm³/mol. The standard InChI is InChI=1S/C18H20ClN3O3/c1-13-7-10-21(11-8-13)16(23)12-25-17(24)6-5-14-18(19)20-15-4-2-3-9-22(14)15/h2-6,9,13H,7-8,10-12H2,1H3/b6-5+. The van der Waals surface area contributed by atoms with Crippen LogP contribution in [0.2, 0.25) is 5.15 Å². The van der Waals surface area contributed by atoms with Crippen molar-refractivity contribution >= 4 is 35.2 Å². The van der Waals surface area contributed by atoms with Gasteiger partial charge in [0.05, 0.1) is 5.69 Å². The van der Waals surface area contributed by atoms with Crippen LogP contribution in [0.25, 0.3) is 11.7 Å². The summed E-state index contributed by atoms with van der Waals surface area (Å²) in [6.07, 6.45) is 6.59. The van der Waals surface area contributed by atoms with Crippen LogP contribution in [0.1, 0.15) is 25.5 Å². The molecule has 0 aliphatic carbocycles. The van der Waals surface area contributed by atoms with Gasteiger partial charge in [-0.15, -0.1) is 0 Å². The molecule has 132 valence electrons. The second-order valence-corrected chi connectivity index (χ2v) is 6.58. The van der Waals surface area contributed by atoms with Crippen molar-refractivity contribution in [3.8, 4) is 0 Å². The molecular weight excluding hydrogens is 342 g/mol. The zero-order valence-electron chi connectivity index (χ0n) is 14.0. The van der Waals surface area contributed by atoms with Crippen molar-refractivity contribution in [1.29, 1.82) is 0 Å². The molecule has 2 aromatic rings. The molecule has 0 radical (unpaired) electrons. The summed E-state index contributed by atoms with van der Waals surface area (Å²) >= 11 is 6.10. The third-order valence-corrected chi connectivity index (χ3v) is 4.65. The number of hydrogen-bond donors (Lipinski definition) is 0. The molecule has 1 amide bonds. The molecule has 0 atom stereocenters. The van der Waals surface area contributed by atoms with E-state index in [0.29, 0.717) is 22.4 Å². The van der Waals surface area contributed by atoms with E-state index < -0.39 is 5.97 Å². The number of aromatic nitrogens is 2. The minimum Gasteiger partial charge on any atom is -0.452 e. The van der Waals surface area contributed by atoms with E-state index in [2.05, 4.69) is 11.9 Å². The van der Waals surface area contributed by atoms with Crippen molar-refractivity contribution in [1.82, 2.24) is 14.3 Å². The molecule has 1 aliphatic heterocycles. The average molecular weight is 362 g/mol. The van der Waals surface area contributed by atoms with Crippen LogP contribution < -0.4 is 0 Å². The van der Waals surface area contributed by atoms with Crippen molar-refractivity contribution in [3.05, 3.63) is 41.3 Å². The lowest BCUT2D eigenvalue weighted by Crippen LogP contribution is -2.40. The summed E-state index contributed by atoms with van der Waals surface area (Å²) in [5.74, 6) is -0.0908. The lowest BCUT2D eigenvalue weighted by molar-refractivity contribution is -0.148. The first kappa shape index (κ1) is 17.5. The lowest BCUT2D eigenvalue weighted by atomic mass is 9.99. The van der Waals surface area contributed by atoms with Gasteiger partial charge in [-0.1, -0.05) is 24.6 Å². The molecule has 1 fully saturated rings. The predicted octanol–water partition coefficient (Wildman–Crippen LogP) is 2.80. The Labute approximate surface area is 151 Å². The topological polar surface area (TPSA) is 63.9 Å². The Morgan fingerprint density at radius 2 is 2.12 bits per heavy atom. The van der Waals surface area contributed by atoms with E-state index >= 15 is 0 Å². The number of carbonyl (C=O) groups excluding carboxylic acids is 2. The van der Waals surface area contributed by atoms with E-state index in [1.54, 1.807) is 15.5 Å². The molecule has 1 saturated heterocycles. The average Bonchev–Trinajstić information content (AvgIpc) is 2.93. The first-order valence-corrected chi connectivity index (χ1v) is 8.67. The molecule has 0 aromatic carbocycles. The molecular formula is C18H20ClN3O3.